The minimum absolute atomic E-state index is 0.775. The van der Waals surface area contributed by atoms with Crippen LogP contribution in [-0.2, 0) is 0 Å². The third-order valence-corrected chi connectivity index (χ3v) is 2.56. The summed E-state index contributed by atoms with van der Waals surface area (Å²) in [5, 5.41) is 3.39. The lowest BCUT2D eigenvalue weighted by Gasteiger charge is -2.14. The molecule has 1 fully saturated rings. The van der Waals surface area contributed by atoms with Crippen LogP contribution in [0.5, 0.6) is 0 Å². The van der Waals surface area contributed by atoms with Crippen molar-refractivity contribution in [2.45, 2.75) is 19.3 Å². The molecule has 1 rings (SSSR count). The number of hydrogen-bond donors (Lipinski definition) is 1. The third-order valence-electron chi connectivity index (χ3n) is 2.29. The van der Waals surface area contributed by atoms with Crippen molar-refractivity contribution < 1.29 is 0 Å². The SMILES string of the molecule is ClCCCNCCN1CCCC1. The van der Waals surface area contributed by atoms with Crippen molar-refractivity contribution in [2.24, 2.45) is 0 Å². The summed E-state index contributed by atoms with van der Waals surface area (Å²) in [7, 11) is 0. The molecule has 0 bridgehead atoms. The van der Waals surface area contributed by atoms with Gasteiger partial charge in [-0.2, -0.15) is 0 Å². The van der Waals surface area contributed by atoms with Gasteiger partial charge in [-0.05, 0) is 38.9 Å². The number of hydrogen-bond acceptors (Lipinski definition) is 2. The lowest BCUT2D eigenvalue weighted by molar-refractivity contribution is 0.336. The Bertz CT molecular complexity index is 103. The molecule has 0 aliphatic carbocycles. The van der Waals surface area contributed by atoms with Crippen LogP contribution in [-0.4, -0.2) is 43.5 Å². The van der Waals surface area contributed by atoms with Gasteiger partial charge in [0.25, 0.3) is 0 Å². The van der Waals surface area contributed by atoms with Crippen LogP contribution in [0.3, 0.4) is 0 Å². The Morgan fingerprint density at radius 3 is 2.58 bits per heavy atom. The molecular formula is C9H19ClN2. The van der Waals surface area contributed by atoms with Crippen LogP contribution in [0.1, 0.15) is 19.3 Å². The van der Waals surface area contributed by atoms with Gasteiger partial charge in [0.15, 0.2) is 0 Å². The first-order chi connectivity index (χ1) is 5.93. The summed E-state index contributed by atoms with van der Waals surface area (Å²) >= 11 is 5.56. The Kier molecular flexibility index (Phi) is 5.74. The van der Waals surface area contributed by atoms with Crippen molar-refractivity contribution in [3.63, 3.8) is 0 Å². The van der Waals surface area contributed by atoms with Crippen LogP contribution < -0.4 is 5.32 Å². The zero-order valence-corrected chi connectivity index (χ0v) is 8.45. The zero-order valence-electron chi connectivity index (χ0n) is 7.69. The molecule has 72 valence electrons. The van der Waals surface area contributed by atoms with Crippen LogP contribution in [0, 0.1) is 0 Å². The Hall–Kier alpha value is 0.210. The molecule has 0 atom stereocenters. The van der Waals surface area contributed by atoms with Gasteiger partial charge in [0, 0.05) is 19.0 Å². The standard InChI is InChI=1S/C9H19ClN2/c10-4-3-5-11-6-9-12-7-1-2-8-12/h11H,1-9H2. The van der Waals surface area contributed by atoms with Crippen LogP contribution >= 0.6 is 11.6 Å². The van der Waals surface area contributed by atoms with Crippen LogP contribution in [0.25, 0.3) is 0 Å². The molecule has 0 amide bonds. The van der Waals surface area contributed by atoms with E-state index >= 15 is 0 Å². The average molecular weight is 191 g/mol. The fraction of sp³-hybridized carbons (Fsp3) is 1.00. The molecule has 1 saturated heterocycles. The molecule has 12 heavy (non-hydrogen) atoms. The highest BCUT2D eigenvalue weighted by molar-refractivity contribution is 6.17. The maximum absolute atomic E-state index is 5.56. The second-order valence-corrected chi connectivity index (χ2v) is 3.72. The van der Waals surface area contributed by atoms with Crippen molar-refractivity contribution in [3.05, 3.63) is 0 Å². The molecule has 0 aromatic carbocycles. The molecule has 0 unspecified atom stereocenters. The molecule has 0 saturated carbocycles. The first-order valence-electron chi connectivity index (χ1n) is 4.92. The molecule has 1 heterocycles. The highest BCUT2D eigenvalue weighted by Crippen LogP contribution is 2.05. The van der Waals surface area contributed by atoms with E-state index in [4.69, 9.17) is 11.6 Å². The van der Waals surface area contributed by atoms with Gasteiger partial charge in [0.05, 0.1) is 0 Å². The number of halogens is 1. The second-order valence-electron chi connectivity index (χ2n) is 3.34. The lowest BCUT2D eigenvalue weighted by Crippen LogP contribution is -2.30. The quantitative estimate of drug-likeness (QED) is 0.502. The van der Waals surface area contributed by atoms with Crippen molar-refractivity contribution in [1.82, 2.24) is 10.2 Å². The first-order valence-corrected chi connectivity index (χ1v) is 5.46. The molecule has 0 spiro atoms. The van der Waals surface area contributed by atoms with E-state index in [-0.39, 0.29) is 0 Å². The number of alkyl halides is 1. The highest BCUT2D eigenvalue weighted by Gasteiger charge is 2.09. The summed E-state index contributed by atoms with van der Waals surface area (Å²) in [5.74, 6) is 0.775. The van der Waals surface area contributed by atoms with Crippen LogP contribution in [0.2, 0.25) is 0 Å². The molecule has 1 aliphatic heterocycles. The van der Waals surface area contributed by atoms with E-state index in [0.717, 1.165) is 25.4 Å². The second kappa shape index (κ2) is 6.70. The van der Waals surface area contributed by atoms with E-state index in [0.29, 0.717) is 0 Å². The van der Waals surface area contributed by atoms with E-state index in [1.165, 1.54) is 32.5 Å². The Morgan fingerprint density at radius 1 is 1.17 bits per heavy atom. The summed E-state index contributed by atoms with van der Waals surface area (Å²) in [5.41, 5.74) is 0. The van der Waals surface area contributed by atoms with Gasteiger partial charge in [-0.25, -0.2) is 0 Å². The fourth-order valence-corrected chi connectivity index (χ4v) is 1.69. The minimum Gasteiger partial charge on any atom is -0.315 e. The molecule has 2 nitrogen and oxygen atoms in total. The molecule has 1 aliphatic rings. The van der Waals surface area contributed by atoms with Gasteiger partial charge in [-0.3, -0.25) is 0 Å². The van der Waals surface area contributed by atoms with E-state index < -0.39 is 0 Å². The predicted molar refractivity (Wildman–Crippen MR) is 53.9 cm³/mol. The van der Waals surface area contributed by atoms with Crippen molar-refractivity contribution in [3.8, 4) is 0 Å². The highest BCUT2D eigenvalue weighted by atomic mass is 35.5. The largest absolute Gasteiger partial charge is 0.315 e. The van der Waals surface area contributed by atoms with Gasteiger partial charge in [-0.1, -0.05) is 0 Å². The van der Waals surface area contributed by atoms with Crippen molar-refractivity contribution in [1.29, 1.82) is 0 Å². The van der Waals surface area contributed by atoms with Crippen LogP contribution in [0.4, 0.5) is 0 Å². The number of nitrogens with one attached hydrogen (secondary N) is 1. The Labute approximate surface area is 80.3 Å². The molecule has 3 heteroatoms. The minimum atomic E-state index is 0.775. The maximum Gasteiger partial charge on any atom is 0.0235 e. The average Bonchev–Trinajstić information content (AvgIpc) is 2.57. The predicted octanol–water partition coefficient (Wildman–Crippen LogP) is 1.30. The molecule has 0 aromatic rings. The van der Waals surface area contributed by atoms with Gasteiger partial charge >= 0.3 is 0 Å². The van der Waals surface area contributed by atoms with Crippen LogP contribution in [0.15, 0.2) is 0 Å². The normalized spacial score (nSPS) is 18.8. The van der Waals surface area contributed by atoms with Gasteiger partial charge < -0.3 is 10.2 Å². The van der Waals surface area contributed by atoms with Gasteiger partial charge in [0.1, 0.15) is 0 Å². The zero-order chi connectivity index (χ0) is 8.65. The van der Waals surface area contributed by atoms with Crippen molar-refractivity contribution in [2.75, 3.05) is 38.6 Å². The summed E-state index contributed by atoms with van der Waals surface area (Å²) in [6.07, 6.45) is 3.87. The fourth-order valence-electron chi connectivity index (χ4n) is 1.56. The van der Waals surface area contributed by atoms with E-state index in [2.05, 4.69) is 10.2 Å². The van der Waals surface area contributed by atoms with E-state index in [1.54, 1.807) is 0 Å². The van der Waals surface area contributed by atoms with Gasteiger partial charge in [0.2, 0.25) is 0 Å². The molecule has 1 N–H and O–H groups in total. The summed E-state index contributed by atoms with van der Waals surface area (Å²) in [6.45, 7) is 6.00. The molecule has 0 aromatic heterocycles. The summed E-state index contributed by atoms with van der Waals surface area (Å²) in [4.78, 5) is 2.52. The monoisotopic (exact) mass is 190 g/mol. The van der Waals surface area contributed by atoms with Gasteiger partial charge in [-0.15, -0.1) is 11.6 Å². The number of rotatable bonds is 6. The molecular weight excluding hydrogens is 172 g/mol. The topological polar surface area (TPSA) is 15.3 Å². The Morgan fingerprint density at radius 2 is 1.92 bits per heavy atom. The van der Waals surface area contributed by atoms with E-state index in [1.807, 2.05) is 0 Å². The summed E-state index contributed by atoms with van der Waals surface area (Å²) in [6, 6.07) is 0. The number of nitrogens with zero attached hydrogens (tertiary/aromatic N) is 1. The summed E-state index contributed by atoms with van der Waals surface area (Å²) < 4.78 is 0. The third kappa shape index (κ3) is 4.29. The van der Waals surface area contributed by atoms with E-state index in [9.17, 15) is 0 Å². The smallest absolute Gasteiger partial charge is 0.0235 e. The van der Waals surface area contributed by atoms with Crippen molar-refractivity contribution >= 4 is 11.6 Å². The lowest BCUT2D eigenvalue weighted by atomic mass is 10.4. The first kappa shape index (κ1) is 10.3. The Balaban J connectivity index is 1.81. The number of likely N-dealkylation sites (tertiary alicyclic amines) is 1. The molecule has 0 radical (unpaired) electrons. The maximum atomic E-state index is 5.56.